The molecule has 3 rings (SSSR count). The van der Waals surface area contributed by atoms with Crippen LogP contribution in [0.25, 0.3) is 10.8 Å². The zero-order chi connectivity index (χ0) is 18.0. The number of aromatic nitrogens is 1. The van der Waals surface area contributed by atoms with Crippen LogP contribution >= 0.6 is 0 Å². The number of hydrogen-bond donors (Lipinski definition) is 2. The van der Waals surface area contributed by atoms with Gasteiger partial charge < -0.3 is 20.1 Å². The molecule has 2 aromatic rings. The number of carbonyl (C=O) groups excluding carboxylic acids is 1. The number of amides is 1. The number of allylic oxidation sites excluding steroid dienone is 1. The molecule has 0 unspecified atom stereocenters. The number of anilines is 1. The molecule has 25 heavy (non-hydrogen) atoms. The molecule has 0 radical (unpaired) electrons. The average molecular weight is 341 g/mol. The number of ether oxygens (including phenoxy) is 1. The Kier molecular flexibility index (Phi) is 4.56. The summed E-state index contributed by atoms with van der Waals surface area (Å²) in [5.41, 5.74) is 0.796. The third kappa shape index (κ3) is 3.71. The summed E-state index contributed by atoms with van der Waals surface area (Å²) in [4.78, 5) is 29.0. The van der Waals surface area contributed by atoms with Crippen LogP contribution < -0.4 is 5.32 Å². The molecule has 0 bridgehead atoms. The Hall–Kier alpha value is -3.09. The highest BCUT2D eigenvalue weighted by Gasteiger charge is 2.40. The second-order valence-corrected chi connectivity index (χ2v) is 6.11. The van der Waals surface area contributed by atoms with Gasteiger partial charge in [-0.1, -0.05) is 12.6 Å². The Balaban J connectivity index is 1.77. The minimum Gasteiger partial charge on any atom is -0.481 e. The van der Waals surface area contributed by atoms with Crippen LogP contribution in [-0.4, -0.2) is 46.2 Å². The molecule has 0 saturated carbocycles. The Morgan fingerprint density at radius 1 is 1.32 bits per heavy atom. The summed E-state index contributed by atoms with van der Waals surface area (Å²) < 4.78 is 4.98. The van der Waals surface area contributed by atoms with Crippen LogP contribution in [0.15, 0.2) is 49.0 Å². The normalized spacial score (nSPS) is 19.6. The summed E-state index contributed by atoms with van der Waals surface area (Å²) in [6.45, 7) is 5.44. The summed E-state index contributed by atoms with van der Waals surface area (Å²) in [7, 11) is 0. The lowest BCUT2D eigenvalue weighted by molar-refractivity contribution is -0.141. The summed E-state index contributed by atoms with van der Waals surface area (Å²) in [5.74, 6) is -1.39. The SMILES string of the molecule is C=C(C)OC(=O)N1C[C@H](Nc2ccc3cnccc3c2)[C@@H](C(=O)O)C1. The molecule has 2 atom stereocenters. The smallest absolute Gasteiger partial charge is 0.414 e. The van der Waals surface area contributed by atoms with Crippen LogP contribution in [0.2, 0.25) is 0 Å². The molecule has 0 spiro atoms. The van der Waals surface area contributed by atoms with Crippen molar-refractivity contribution < 1.29 is 19.4 Å². The van der Waals surface area contributed by atoms with E-state index in [0.29, 0.717) is 0 Å². The van der Waals surface area contributed by atoms with Gasteiger partial charge in [0.1, 0.15) is 0 Å². The summed E-state index contributed by atoms with van der Waals surface area (Å²) in [6, 6.07) is 7.21. The molecule has 1 aromatic carbocycles. The molecule has 1 aromatic heterocycles. The van der Waals surface area contributed by atoms with E-state index in [1.165, 1.54) is 4.90 Å². The van der Waals surface area contributed by atoms with Crippen molar-refractivity contribution >= 4 is 28.5 Å². The van der Waals surface area contributed by atoms with Crippen molar-refractivity contribution in [2.45, 2.75) is 13.0 Å². The number of benzene rings is 1. The number of carboxylic acids is 1. The first kappa shape index (κ1) is 16.8. The number of hydrogen-bond acceptors (Lipinski definition) is 5. The number of pyridine rings is 1. The van der Waals surface area contributed by atoms with Crippen molar-refractivity contribution in [1.29, 1.82) is 0 Å². The van der Waals surface area contributed by atoms with E-state index < -0.39 is 24.0 Å². The third-order valence-electron chi connectivity index (χ3n) is 4.15. The van der Waals surface area contributed by atoms with E-state index in [9.17, 15) is 14.7 Å². The van der Waals surface area contributed by atoms with Crippen molar-refractivity contribution in [1.82, 2.24) is 9.88 Å². The van der Waals surface area contributed by atoms with Gasteiger partial charge in [0.2, 0.25) is 0 Å². The monoisotopic (exact) mass is 341 g/mol. The minimum atomic E-state index is -0.951. The first-order chi connectivity index (χ1) is 11.9. The molecule has 1 saturated heterocycles. The highest BCUT2D eigenvalue weighted by molar-refractivity contribution is 5.85. The van der Waals surface area contributed by atoms with E-state index in [1.807, 2.05) is 24.3 Å². The zero-order valence-electron chi connectivity index (χ0n) is 13.8. The lowest BCUT2D eigenvalue weighted by atomic mass is 10.0. The maximum atomic E-state index is 12.0. The average Bonchev–Trinajstić information content (AvgIpc) is 2.98. The van der Waals surface area contributed by atoms with Gasteiger partial charge in [-0.2, -0.15) is 0 Å². The topological polar surface area (TPSA) is 91.8 Å². The lowest BCUT2D eigenvalue weighted by Crippen LogP contribution is -2.33. The van der Waals surface area contributed by atoms with Gasteiger partial charge in [-0.15, -0.1) is 0 Å². The molecule has 2 heterocycles. The van der Waals surface area contributed by atoms with Gasteiger partial charge in [-0.05, 0) is 30.5 Å². The maximum absolute atomic E-state index is 12.0. The molecule has 1 aliphatic rings. The van der Waals surface area contributed by atoms with E-state index in [0.717, 1.165) is 16.5 Å². The molecular formula is C18H19N3O4. The largest absolute Gasteiger partial charge is 0.481 e. The van der Waals surface area contributed by atoms with Gasteiger partial charge in [0, 0.05) is 36.6 Å². The Morgan fingerprint density at radius 3 is 2.84 bits per heavy atom. The van der Waals surface area contributed by atoms with E-state index in [1.54, 1.807) is 19.3 Å². The number of aliphatic carboxylic acids is 1. The van der Waals surface area contributed by atoms with E-state index in [4.69, 9.17) is 4.74 Å². The fourth-order valence-corrected chi connectivity index (χ4v) is 2.95. The third-order valence-corrected chi connectivity index (χ3v) is 4.15. The van der Waals surface area contributed by atoms with Gasteiger partial charge in [-0.25, -0.2) is 4.79 Å². The zero-order valence-corrected chi connectivity index (χ0v) is 13.8. The number of nitrogens with zero attached hydrogens (tertiary/aromatic N) is 2. The Labute approximate surface area is 144 Å². The van der Waals surface area contributed by atoms with Crippen molar-refractivity contribution in [3.8, 4) is 0 Å². The van der Waals surface area contributed by atoms with Crippen molar-refractivity contribution in [2.75, 3.05) is 18.4 Å². The number of likely N-dealkylation sites (tertiary alicyclic amines) is 1. The summed E-state index contributed by atoms with van der Waals surface area (Å²) in [6.07, 6.45) is 2.90. The van der Waals surface area contributed by atoms with Gasteiger partial charge in [0.25, 0.3) is 0 Å². The Bertz CT molecular complexity index is 836. The highest BCUT2D eigenvalue weighted by Crippen LogP contribution is 2.25. The molecule has 2 N–H and O–H groups in total. The molecule has 1 amide bonds. The van der Waals surface area contributed by atoms with Gasteiger partial charge >= 0.3 is 12.1 Å². The second-order valence-electron chi connectivity index (χ2n) is 6.11. The summed E-state index contributed by atoms with van der Waals surface area (Å²) >= 11 is 0. The molecule has 1 fully saturated rings. The quantitative estimate of drug-likeness (QED) is 0.831. The predicted octanol–water partition coefficient (Wildman–Crippen LogP) is 2.70. The lowest BCUT2D eigenvalue weighted by Gasteiger charge is -2.18. The van der Waals surface area contributed by atoms with Crippen molar-refractivity contribution in [3.63, 3.8) is 0 Å². The van der Waals surface area contributed by atoms with Gasteiger partial charge in [0.05, 0.1) is 17.7 Å². The number of fused-ring (bicyclic) bond motifs is 1. The van der Waals surface area contributed by atoms with Crippen LogP contribution in [0.4, 0.5) is 10.5 Å². The van der Waals surface area contributed by atoms with Crippen LogP contribution in [0.1, 0.15) is 6.92 Å². The number of nitrogens with one attached hydrogen (secondary N) is 1. The molecular weight excluding hydrogens is 322 g/mol. The van der Waals surface area contributed by atoms with Crippen molar-refractivity contribution in [2.24, 2.45) is 5.92 Å². The second kappa shape index (κ2) is 6.80. The molecule has 0 aliphatic carbocycles. The molecule has 7 heteroatoms. The van der Waals surface area contributed by atoms with Crippen LogP contribution in [-0.2, 0) is 9.53 Å². The van der Waals surface area contributed by atoms with Gasteiger partial charge in [-0.3, -0.25) is 9.78 Å². The number of rotatable bonds is 4. The molecule has 130 valence electrons. The van der Waals surface area contributed by atoms with Crippen LogP contribution in [0, 0.1) is 5.92 Å². The maximum Gasteiger partial charge on any atom is 0.414 e. The summed E-state index contributed by atoms with van der Waals surface area (Å²) in [5, 5.41) is 14.7. The highest BCUT2D eigenvalue weighted by atomic mass is 16.6. The standard InChI is InChI=1S/C18H19N3O4/c1-11(2)25-18(24)21-9-15(17(22)23)16(10-21)20-14-4-3-13-8-19-6-5-12(13)7-14/h3-8,15-16,20H,1,9-10H2,2H3,(H,22,23)/t15-,16-/m0/s1. The van der Waals surface area contributed by atoms with Gasteiger partial charge in [0.15, 0.2) is 0 Å². The fourth-order valence-electron chi connectivity index (χ4n) is 2.95. The van der Waals surface area contributed by atoms with E-state index in [-0.39, 0.29) is 18.8 Å². The first-order valence-electron chi connectivity index (χ1n) is 7.89. The van der Waals surface area contributed by atoms with E-state index >= 15 is 0 Å². The van der Waals surface area contributed by atoms with Crippen LogP contribution in [0.3, 0.4) is 0 Å². The Morgan fingerprint density at radius 2 is 2.12 bits per heavy atom. The fraction of sp³-hybridized carbons (Fsp3) is 0.278. The molecule has 7 nitrogen and oxygen atoms in total. The minimum absolute atomic E-state index is 0.0939. The van der Waals surface area contributed by atoms with E-state index in [2.05, 4.69) is 16.9 Å². The molecule has 1 aliphatic heterocycles. The number of carboxylic acid groups (broad SMARTS) is 1. The van der Waals surface area contributed by atoms with Crippen LogP contribution in [0.5, 0.6) is 0 Å². The first-order valence-corrected chi connectivity index (χ1v) is 7.89. The van der Waals surface area contributed by atoms with Crippen molar-refractivity contribution in [3.05, 3.63) is 49.0 Å². The number of carbonyl (C=O) groups is 2. The predicted molar refractivity (Wildman–Crippen MR) is 93.1 cm³/mol.